The second kappa shape index (κ2) is 6.40. The van der Waals surface area contributed by atoms with Crippen molar-refractivity contribution in [2.75, 3.05) is 13.2 Å². The van der Waals surface area contributed by atoms with E-state index in [0.717, 1.165) is 17.8 Å². The fraction of sp³-hybridized carbons (Fsp3) is 0.545. The number of rotatable bonds is 6. The molecular formula is C11H14ClNO5S2. The number of aliphatic carboxylic acids is 1. The van der Waals surface area contributed by atoms with Crippen LogP contribution in [-0.4, -0.2) is 38.7 Å². The van der Waals surface area contributed by atoms with Crippen molar-refractivity contribution in [2.24, 2.45) is 5.92 Å². The zero-order valence-electron chi connectivity index (χ0n) is 10.4. The third kappa shape index (κ3) is 3.92. The summed E-state index contributed by atoms with van der Waals surface area (Å²) in [5.41, 5.74) is 0. The van der Waals surface area contributed by atoms with Crippen LogP contribution in [0.5, 0.6) is 0 Å². The summed E-state index contributed by atoms with van der Waals surface area (Å²) in [6, 6.07) is 1.65. The van der Waals surface area contributed by atoms with Gasteiger partial charge < -0.3 is 9.84 Å². The summed E-state index contributed by atoms with van der Waals surface area (Å²) < 4.78 is 31.9. The molecule has 1 aromatic rings. The molecule has 1 aromatic heterocycles. The van der Waals surface area contributed by atoms with Gasteiger partial charge in [0.25, 0.3) is 10.0 Å². The number of hydrogen-bond acceptors (Lipinski definition) is 5. The highest BCUT2D eigenvalue weighted by Crippen LogP contribution is 2.26. The Morgan fingerprint density at radius 1 is 1.60 bits per heavy atom. The second-order valence-electron chi connectivity index (χ2n) is 4.54. The molecule has 0 bridgehead atoms. The number of carboxylic acid groups (broad SMARTS) is 1. The maximum atomic E-state index is 12.1. The Morgan fingerprint density at radius 3 is 2.85 bits per heavy atom. The lowest BCUT2D eigenvalue weighted by Gasteiger charge is -2.16. The molecule has 1 fully saturated rings. The van der Waals surface area contributed by atoms with Gasteiger partial charge in [-0.2, -0.15) is 4.72 Å². The Labute approximate surface area is 125 Å². The normalized spacial score (nSPS) is 20.9. The van der Waals surface area contributed by atoms with E-state index in [4.69, 9.17) is 21.4 Å². The maximum absolute atomic E-state index is 12.1. The summed E-state index contributed by atoms with van der Waals surface area (Å²) in [6.45, 7) is 1.06. The molecule has 1 aliphatic heterocycles. The van der Waals surface area contributed by atoms with Crippen molar-refractivity contribution < 1.29 is 23.1 Å². The molecule has 6 nitrogen and oxygen atoms in total. The number of ether oxygens (including phenoxy) is 1. The van der Waals surface area contributed by atoms with Crippen LogP contribution in [0.2, 0.25) is 4.34 Å². The summed E-state index contributed by atoms with van der Waals surface area (Å²) >= 11 is 6.58. The average molecular weight is 340 g/mol. The average Bonchev–Trinajstić information content (AvgIpc) is 2.99. The summed E-state index contributed by atoms with van der Waals surface area (Å²) in [5.74, 6) is -1.13. The van der Waals surface area contributed by atoms with Crippen LogP contribution in [0.4, 0.5) is 0 Å². The lowest BCUT2D eigenvalue weighted by Crippen LogP contribution is -2.41. The SMILES string of the molecule is O=C(O)C(CC1CCOC1)NS(=O)(=O)c1ccc(Cl)s1. The van der Waals surface area contributed by atoms with Crippen LogP contribution in [0.15, 0.2) is 16.3 Å². The molecule has 1 aliphatic rings. The third-order valence-electron chi connectivity index (χ3n) is 3.00. The molecule has 2 heterocycles. The van der Waals surface area contributed by atoms with Crippen molar-refractivity contribution in [2.45, 2.75) is 23.1 Å². The first-order valence-corrected chi connectivity index (χ1v) is 8.64. The van der Waals surface area contributed by atoms with Gasteiger partial charge in [-0.3, -0.25) is 4.79 Å². The topological polar surface area (TPSA) is 92.7 Å². The maximum Gasteiger partial charge on any atom is 0.321 e. The van der Waals surface area contributed by atoms with Crippen LogP contribution in [0.25, 0.3) is 0 Å². The van der Waals surface area contributed by atoms with Gasteiger partial charge in [-0.1, -0.05) is 11.6 Å². The lowest BCUT2D eigenvalue weighted by molar-refractivity contribution is -0.139. The Bertz CT molecular complexity index is 579. The minimum Gasteiger partial charge on any atom is -0.480 e. The molecule has 2 unspecified atom stereocenters. The second-order valence-corrected chi connectivity index (χ2v) is 8.19. The van der Waals surface area contributed by atoms with E-state index in [1.165, 1.54) is 12.1 Å². The molecule has 112 valence electrons. The molecule has 0 amide bonds. The van der Waals surface area contributed by atoms with Crippen LogP contribution in [-0.2, 0) is 19.6 Å². The standard InChI is InChI=1S/C11H14ClNO5S2/c12-9-1-2-10(19-9)20(16,17)13-8(11(14)15)5-7-3-4-18-6-7/h1-2,7-8,13H,3-6H2,(H,14,15). The highest BCUT2D eigenvalue weighted by Gasteiger charge is 2.30. The Hall–Kier alpha value is -0.670. The molecule has 2 atom stereocenters. The minimum absolute atomic E-state index is 0.0106. The molecule has 0 aromatic carbocycles. The predicted octanol–water partition coefficient (Wildman–Crippen LogP) is 1.56. The van der Waals surface area contributed by atoms with Gasteiger partial charge in [0.2, 0.25) is 0 Å². The van der Waals surface area contributed by atoms with E-state index in [9.17, 15) is 13.2 Å². The van der Waals surface area contributed by atoms with Gasteiger partial charge in [-0.05, 0) is 30.9 Å². The first-order chi connectivity index (χ1) is 9.38. The van der Waals surface area contributed by atoms with E-state index in [-0.39, 0.29) is 16.5 Å². The monoisotopic (exact) mass is 339 g/mol. The number of sulfonamides is 1. The van der Waals surface area contributed by atoms with E-state index in [1.807, 2.05) is 0 Å². The number of hydrogen-bond donors (Lipinski definition) is 2. The van der Waals surface area contributed by atoms with Crippen LogP contribution >= 0.6 is 22.9 Å². The van der Waals surface area contributed by atoms with Gasteiger partial charge in [0.15, 0.2) is 0 Å². The quantitative estimate of drug-likeness (QED) is 0.820. The number of carboxylic acids is 1. The Balaban J connectivity index is 2.08. The molecule has 0 spiro atoms. The molecule has 2 N–H and O–H groups in total. The zero-order valence-corrected chi connectivity index (χ0v) is 12.8. The highest BCUT2D eigenvalue weighted by molar-refractivity contribution is 7.91. The largest absolute Gasteiger partial charge is 0.480 e. The molecule has 1 saturated heterocycles. The van der Waals surface area contributed by atoms with Gasteiger partial charge >= 0.3 is 5.97 Å². The van der Waals surface area contributed by atoms with Gasteiger partial charge in [-0.25, -0.2) is 8.42 Å². The summed E-state index contributed by atoms with van der Waals surface area (Å²) in [6.07, 6.45) is 0.962. The van der Waals surface area contributed by atoms with Crippen LogP contribution in [0.3, 0.4) is 0 Å². The van der Waals surface area contributed by atoms with E-state index < -0.39 is 22.0 Å². The Morgan fingerprint density at radius 2 is 2.35 bits per heavy atom. The van der Waals surface area contributed by atoms with Gasteiger partial charge in [0.05, 0.1) is 4.34 Å². The number of halogens is 1. The molecular weight excluding hydrogens is 326 g/mol. The van der Waals surface area contributed by atoms with Crippen LogP contribution in [0, 0.1) is 5.92 Å². The fourth-order valence-electron chi connectivity index (χ4n) is 1.99. The smallest absolute Gasteiger partial charge is 0.321 e. The van der Waals surface area contributed by atoms with E-state index >= 15 is 0 Å². The molecule has 20 heavy (non-hydrogen) atoms. The predicted molar refractivity (Wildman–Crippen MR) is 74.6 cm³/mol. The van der Waals surface area contributed by atoms with Crippen molar-refractivity contribution in [3.63, 3.8) is 0 Å². The van der Waals surface area contributed by atoms with Crippen molar-refractivity contribution in [1.82, 2.24) is 4.72 Å². The van der Waals surface area contributed by atoms with E-state index in [2.05, 4.69) is 4.72 Å². The number of thiophene rings is 1. The molecule has 0 saturated carbocycles. The van der Waals surface area contributed by atoms with Crippen molar-refractivity contribution >= 4 is 38.9 Å². The minimum atomic E-state index is -3.86. The third-order valence-corrected chi connectivity index (χ3v) is 6.20. The fourth-order valence-corrected chi connectivity index (χ4v) is 4.69. The molecule has 9 heteroatoms. The van der Waals surface area contributed by atoms with Gasteiger partial charge in [0.1, 0.15) is 10.3 Å². The van der Waals surface area contributed by atoms with Crippen molar-refractivity contribution in [3.8, 4) is 0 Å². The van der Waals surface area contributed by atoms with E-state index in [1.54, 1.807) is 0 Å². The summed E-state index contributed by atoms with van der Waals surface area (Å²) in [5, 5.41) is 9.16. The zero-order chi connectivity index (χ0) is 14.8. The highest BCUT2D eigenvalue weighted by atomic mass is 35.5. The van der Waals surface area contributed by atoms with Crippen molar-refractivity contribution in [1.29, 1.82) is 0 Å². The summed E-state index contributed by atoms with van der Waals surface area (Å²) in [7, 11) is -3.86. The molecule has 0 radical (unpaired) electrons. The Kier molecular flexibility index (Phi) is 5.03. The van der Waals surface area contributed by atoms with Crippen molar-refractivity contribution in [3.05, 3.63) is 16.5 Å². The van der Waals surface area contributed by atoms with Crippen LogP contribution < -0.4 is 4.72 Å². The molecule has 2 rings (SSSR count). The van der Waals surface area contributed by atoms with Gasteiger partial charge in [-0.15, -0.1) is 11.3 Å². The first-order valence-electron chi connectivity index (χ1n) is 5.96. The molecule has 0 aliphatic carbocycles. The summed E-state index contributed by atoms with van der Waals surface area (Å²) in [4.78, 5) is 11.2. The van der Waals surface area contributed by atoms with Gasteiger partial charge in [0, 0.05) is 13.2 Å². The number of nitrogens with one attached hydrogen (secondary N) is 1. The number of carbonyl (C=O) groups is 1. The lowest BCUT2D eigenvalue weighted by atomic mass is 10.00. The van der Waals surface area contributed by atoms with E-state index in [0.29, 0.717) is 17.6 Å². The van der Waals surface area contributed by atoms with Crippen LogP contribution in [0.1, 0.15) is 12.8 Å². The first kappa shape index (κ1) is 15.7.